The van der Waals surface area contributed by atoms with Crippen molar-refractivity contribution in [3.63, 3.8) is 0 Å². The van der Waals surface area contributed by atoms with E-state index in [1.165, 1.54) is 11.1 Å². The van der Waals surface area contributed by atoms with Crippen LogP contribution < -0.4 is 31.5 Å². The minimum absolute atomic E-state index is 0. The van der Waals surface area contributed by atoms with Gasteiger partial charge in [0.05, 0.1) is 18.8 Å². The normalized spacial score (nSPS) is 16.9. The lowest BCUT2D eigenvalue weighted by atomic mass is 10.2. The van der Waals surface area contributed by atoms with Gasteiger partial charge in [0, 0.05) is 12.1 Å². The van der Waals surface area contributed by atoms with Gasteiger partial charge in [0.1, 0.15) is 5.69 Å². The van der Waals surface area contributed by atoms with Crippen LogP contribution in [0.25, 0.3) is 0 Å². The number of anilines is 2. The molecule has 180 valence electrons. The molecule has 0 spiro atoms. The molecule has 1 unspecified atom stereocenters. The number of nitrogens with zero attached hydrogens (tertiary/aromatic N) is 2. The lowest BCUT2D eigenvalue weighted by Gasteiger charge is -2.20. The first kappa shape index (κ1) is 23.8. The Hall–Kier alpha value is -3.96. The van der Waals surface area contributed by atoms with E-state index in [0.29, 0.717) is 0 Å². The van der Waals surface area contributed by atoms with Gasteiger partial charge in [-0.2, -0.15) is 0 Å². The van der Waals surface area contributed by atoms with Gasteiger partial charge in [-0.25, -0.2) is 0 Å². The van der Waals surface area contributed by atoms with Crippen LogP contribution in [0.15, 0.2) is 133 Å². The predicted molar refractivity (Wildman–Crippen MR) is 141 cm³/mol. The van der Waals surface area contributed by atoms with Crippen molar-refractivity contribution in [2.24, 2.45) is 0 Å². The number of benzene rings is 4. The van der Waals surface area contributed by atoms with E-state index in [1.54, 1.807) is 0 Å². The van der Waals surface area contributed by atoms with E-state index in [1.807, 2.05) is 30.3 Å². The quantitative estimate of drug-likeness (QED) is 0.350. The Balaban J connectivity index is 0.00000267. The number of aliphatic hydroxyl groups is 1. The molecule has 0 saturated carbocycles. The molecule has 0 bridgehead atoms. The zero-order valence-electron chi connectivity index (χ0n) is 19.7. The Morgan fingerprint density at radius 2 is 1.31 bits per heavy atom. The minimum Gasteiger partial charge on any atom is -1.00 e. The van der Waals surface area contributed by atoms with Gasteiger partial charge in [-0.15, -0.1) is 0 Å². The average Bonchev–Trinajstić information content (AvgIpc) is 3.43. The molecular weight excluding hydrogens is 512 g/mol. The Morgan fingerprint density at radius 3 is 2.06 bits per heavy atom. The molecule has 2 heterocycles. The second-order valence-corrected chi connectivity index (χ2v) is 8.68. The fraction of sp³-hybridized carbons (Fsp3) is 0.0968. The van der Waals surface area contributed by atoms with E-state index in [2.05, 4.69) is 107 Å². The topological polar surface area (TPSA) is 28.5 Å². The van der Waals surface area contributed by atoms with Crippen molar-refractivity contribution in [1.82, 2.24) is 0 Å². The third kappa shape index (κ3) is 4.88. The van der Waals surface area contributed by atoms with Crippen molar-refractivity contribution in [2.45, 2.75) is 19.3 Å². The number of ether oxygens (including phenoxy) is 2. The Labute approximate surface area is 222 Å². The number of allylic oxidation sites excluding steroid dienone is 2. The van der Waals surface area contributed by atoms with Gasteiger partial charge in [-0.1, -0.05) is 84.9 Å². The molecule has 1 atom stereocenters. The molecule has 0 radical (unpaired) electrons. The number of hydrogen-bond acceptors (Lipinski definition) is 3. The molecule has 2 aliphatic heterocycles. The van der Waals surface area contributed by atoms with Crippen molar-refractivity contribution >= 4 is 11.4 Å². The summed E-state index contributed by atoms with van der Waals surface area (Å²) in [5, 5.41) is 0. The van der Waals surface area contributed by atoms with Crippen LogP contribution in [0.2, 0.25) is 0 Å². The van der Waals surface area contributed by atoms with Crippen LogP contribution in [0.3, 0.4) is 0 Å². The van der Waals surface area contributed by atoms with Crippen LogP contribution in [0.5, 0.6) is 11.5 Å². The van der Waals surface area contributed by atoms with Crippen molar-refractivity contribution in [3.05, 3.63) is 144 Å². The van der Waals surface area contributed by atoms with Gasteiger partial charge in [-0.3, -0.25) is 4.90 Å². The molecule has 0 aromatic heterocycles. The third-order valence-electron chi connectivity index (χ3n) is 6.32. The first-order valence-corrected chi connectivity index (χ1v) is 11.9. The van der Waals surface area contributed by atoms with Gasteiger partial charge >= 0.3 is 0 Å². The second-order valence-electron chi connectivity index (χ2n) is 8.68. The van der Waals surface area contributed by atoms with Crippen LogP contribution in [0.4, 0.5) is 11.4 Å². The lowest BCUT2D eigenvalue weighted by Crippen LogP contribution is -3.00. The molecule has 0 amide bonds. The maximum Gasteiger partial charge on any atom is 0.285 e. The summed E-state index contributed by atoms with van der Waals surface area (Å²) < 4.78 is 11.2. The number of rotatable bonds is 6. The second kappa shape index (κ2) is 10.8. The Kier molecular flexibility index (Phi) is 7.10. The van der Waals surface area contributed by atoms with Crippen molar-refractivity contribution in [3.8, 4) is 11.5 Å². The van der Waals surface area contributed by atoms with Crippen molar-refractivity contribution in [2.75, 3.05) is 9.80 Å². The zero-order valence-corrected chi connectivity index (χ0v) is 21.3. The molecule has 5 heteroatoms. The molecule has 0 saturated heterocycles. The largest absolute Gasteiger partial charge is 1.00 e. The highest BCUT2D eigenvalue weighted by atomic mass is 79.9. The van der Waals surface area contributed by atoms with Crippen LogP contribution >= 0.6 is 0 Å². The molecule has 0 fully saturated rings. The summed E-state index contributed by atoms with van der Waals surface area (Å²) >= 11 is 0. The summed E-state index contributed by atoms with van der Waals surface area (Å²) in [6.45, 7) is 1.55. The highest BCUT2D eigenvalue weighted by Gasteiger charge is 2.33. The summed E-state index contributed by atoms with van der Waals surface area (Å²) in [4.78, 5) is 4.56. The van der Waals surface area contributed by atoms with E-state index >= 15 is 0 Å². The number of hydrogen-bond donors (Lipinski definition) is 0. The van der Waals surface area contributed by atoms with Gasteiger partial charge in [-0.05, 0) is 41.5 Å². The van der Waals surface area contributed by atoms with Crippen LogP contribution in [-0.4, -0.2) is 11.0 Å². The molecule has 0 aliphatic carbocycles. The summed E-state index contributed by atoms with van der Waals surface area (Å²) in [6.07, 6.45) is 6.18. The van der Waals surface area contributed by atoms with Gasteiger partial charge in [0.2, 0.25) is 5.88 Å². The number of halogens is 1. The SMILES string of the molecule is C(/C=C/C1[OH+]c2ccccc2N1Cc1ccccc1)=C1/Oc2ccccc2N1Cc1ccccc1.[Br-]. The van der Waals surface area contributed by atoms with E-state index < -0.39 is 0 Å². The van der Waals surface area contributed by atoms with Crippen molar-refractivity contribution < 1.29 is 26.5 Å². The third-order valence-corrected chi connectivity index (χ3v) is 6.32. The Bertz CT molecular complexity index is 1370. The summed E-state index contributed by atoms with van der Waals surface area (Å²) in [6, 6.07) is 37.5. The molecule has 4 nitrogen and oxygen atoms in total. The standard InChI is InChI=1S/C31H26N2O2.BrH/c1-3-12-24(13-4-1)22-32-26-16-7-9-18-28(26)34-30(32)20-11-21-31-33(23-25-14-5-2-6-15-25)27-17-8-10-19-29(27)35-31;/h1-21,30H,22-23H2;1H/b20-11+,31-21-;. The highest BCUT2D eigenvalue weighted by Crippen LogP contribution is 2.41. The Morgan fingerprint density at radius 1 is 0.694 bits per heavy atom. The van der Waals surface area contributed by atoms with Crippen LogP contribution in [0, 0.1) is 0 Å². The predicted octanol–water partition coefficient (Wildman–Crippen LogP) is 3.78. The van der Waals surface area contributed by atoms with Crippen LogP contribution in [0.1, 0.15) is 11.1 Å². The van der Waals surface area contributed by atoms with E-state index in [4.69, 9.17) is 9.47 Å². The molecule has 4 aromatic carbocycles. The maximum absolute atomic E-state index is 6.23. The van der Waals surface area contributed by atoms with Gasteiger partial charge < -0.3 is 31.4 Å². The molecule has 2 aliphatic rings. The van der Waals surface area contributed by atoms with E-state index in [9.17, 15) is 0 Å². The highest BCUT2D eigenvalue weighted by molar-refractivity contribution is 5.67. The molecule has 1 N–H and O–H groups in total. The van der Waals surface area contributed by atoms with Gasteiger partial charge in [0.25, 0.3) is 12.0 Å². The first-order chi connectivity index (χ1) is 17.3. The zero-order chi connectivity index (χ0) is 23.5. The van der Waals surface area contributed by atoms with E-state index in [-0.39, 0.29) is 23.2 Å². The molecule has 6 rings (SSSR count). The minimum atomic E-state index is -0.0733. The summed E-state index contributed by atoms with van der Waals surface area (Å²) in [5.74, 6) is 2.73. The smallest absolute Gasteiger partial charge is 0.285 e. The fourth-order valence-corrected chi connectivity index (χ4v) is 4.62. The van der Waals surface area contributed by atoms with E-state index in [0.717, 1.165) is 41.8 Å². The average molecular weight is 539 g/mol. The summed E-state index contributed by atoms with van der Waals surface area (Å²) in [5.41, 5.74) is 4.74. The molecule has 4 aromatic rings. The fourth-order valence-electron chi connectivity index (χ4n) is 4.62. The number of para-hydroxylation sites is 4. The summed E-state index contributed by atoms with van der Waals surface area (Å²) in [7, 11) is 0. The monoisotopic (exact) mass is 538 g/mol. The van der Waals surface area contributed by atoms with Crippen molar-refractivity contribution in [1.29, 1.82) is 0 Å². The maximum atomic E-state index is 6.23. The molecule has 36 heavy (non-hydrogen) atoms. The first-order valence-electron chi connectivity index (χ1n) is 11.9. The lowest BCUT2D eigenvalue weighted by molar-refractivity contribution is -0.0000127. The van der Waals surface area contributed by atoms with Crippen LogP contribution in [-0.2, 0) is 13.1 Å². The van der Waals surface area contributed by atoms with Gasteiger partial charge in [0.15, 0.2) is 5.75 Å². The number of fused-ring (bicyclic) bond motifs is 2. The molecular formula is C31H27BrN2O2. The number of aromatic hydroxyl groups is 1.